The molecular formula is C26H20FN3O4S2. The zero-order chi connectivity index (χ0) is 25.2. The van der Waals surface area contributed by atoms with Crippen LogP contribution < -0.4 is 4.90 Å². The average molecular weight is 522 g/mol. The molecule has 0 aliphatic carbocycles. The Labute approximate surface area is 214 Å². The molecule has 5 rings (SSSR count). The van der Waals surface area contributed by atoms with Crippen LogP contribution in [0.15, 0.2) is 87.0 Å². The van der Waals surface area contributed by atoms with Crippen molar-refractivity contribution < 1.29 is 23.5 Å². The number of aliphatic hydroxyl groups is 1. The maximum Gasteiger partial charge on any atom is 0.296 e. The molecule has 10 heteroatoms. The summed E-state index contributed by atoms with van der Waals surface area (Å²) in [5, 5.41) is 19.4. The van der Waals surface area contributed by atoms with E-state index in [4.69, 9.17) is 4.42 Å². The lowest BCUT2D eigenvalue weighted by atomic mass is 9.94. The number of carbonyl (C=O) groups is 2. The first kappa shape index (κ1) is 24.0. The molecule has 1 atom stereocenters. The van der Waals surface area contributed by atoms with Gasteiger partial charge in [-0.15, -0.1) is 10.2 Å². The van der Waals surface area contributed by atoms with Crippen molar-refractivity contribution in [1.82, 2.24) is 10.2 Å². The van der Waals surface area contributed by atoms with Crippen molar-refractivity contribution >= 4 is 39.9 Å². The van der Waals surface area contributed by atoms with Gasteiger partial charge in [-0.1, -0.05) is 72.5 Å². The fourth-order valence-electron chi connectivity index (χ4n) is 3.94. The number of ketones is 1. The summed E-state index contributed by atoms with van der Waals surface area (Å²) in [6.45, 7) is 2.03. The van der Waals surface area contributed by atoms with E-state index in [1.165, 1.54) is 35.1 Å². The second kappa shape index (κ2) is 10.1. The molecule has 0 saturated carbocycles. The number of hydrogen-bond donors (Lipinski definition) is 1. The van der Waals surface area contributed by atoms with Crippen LogP contribution in [0.25, 0.3) is 0 Å². The van der Waals surface area contributed by atoms with Gasteiger partial charge in [-0.25, -0.2) is 4.39 Å². The van der Waals surface area contributed by atoms with Gasteiger partial charge in [0.15, 0.2) is 15.9 Å². The van der Waals surface area contributed by atoms with Crippen LogP contribution in [-0.4, -0.2) is 27.0 Å². The number of aryl methyl sites for hydroxylation is 1. The van der Waals surface area contributed by atoms with Crippen LogP contribution in [0.1, 0.15) is 40.2 Å². The minimum Gasteiger partial charge on any atom is -0.503 e. The summed E-state index contributed by atoms with van der Waals surface area (Å²) in [5.41, 5.74) is 2.16. The van der Waals surface area contributed by atoms with Crippen LogP contribution in [0.2, 0.25) is 0 Å². The standard InChI is InChI=1S/C26H20FN3O4S2/c1-2-15-9-11-16(12-10-15)21-20(22(31)19-8-5-13-34-19)23(32)24(33)30(21)25-28-29-26(36-25)35-14-17-6-3-4-7-18(17)27/h3-13,21,32H,2,14H2,1H3. The summed E-state index contributed by atoms with van der Waals surface area (Å²) in [6.07, 6.45) is 2.18. The molecule has 36 heavy (non-hydrogen) atoms. The fourth-order valence-corrected chi connectivity index (χ4v) is 5.79. The highest BCUT2D eigenvalue weighted by Gasteiger charge is 2.46. The van der Waals surface area contributed by atoms with Crippen LogP contribution in [-0.2, 0) is 17.0 Å². The van der Waals surface area contributed by atoms with Crippen molar-refractivity contribution in [3.05, 3.63) is 107 Å². The number of aliphatic hydroxyl groups excluding tert-OH is 1. The summed E-state index contributed by atoms with van der Waals surface area (Å²) >= 11 is 2.41. The second-order valence-corrected chi connectivity index (χ2v) is 10.2. The monoisotopic (exact) mass is 521 g/mol. The summed E-state index contributed by atoms with van der Waals surface area (Å²) in [4.78, 5) is 27.8. The first-order valence-electron chi connectivity index (χ1n) is 11.1. The molecule has 3 heterocycles. The highest BCUT2D eigenvalue weighted by Crippen LogP contribution is 2.44. The normalized spacial score (nSPS) is 15.7. The lowest BCUT2D eigenvalue weighted by Crippen LogP contribution is -2.31. The number of nitrogens with zero attached hydrogens (tertiary/aromatic N) is 3. The van der Waals surface area contributed by atoms with Crippen molar-refractivity contribution in [3.8, 4) is 0 Å². The Hall–Kier alpha value is -3.76. The topological polar surface area (TPSA) is 96.5 Å². The van der Waals surface area contributed by atoms with E-state index >= 15 is 0 Å². The van der Waals surface area contributed by atoms with E-state index < -0.39 is 23.5 Å². The number of carbonyl (C=O) groups excluding carboxylic acids is 2. The Kier molecular flexibility index (Phi) is 6.71. The predicted molar refractivity (Wildman–Crippen MR) is 135 cm³/mol. The van der Waals surface area contributed by atoms with Crippen molar-refractivity contribution in [2.24, 2.45) is 0 Å². The Morgan fingerprint density at radius 2 is 1.92 bits per heavy atom. The molecule has 182 valence electrons. The molecule has 4 aromatic rings. The predicted octanol–water partition coefficient (Wildman–Crippen LogP) is 5.91. The molecule has 1 N–H and O–H groups in total. The van der Waals surface area contributed by atoms with E-state index in [9.17, 15) is 19.1 Å². The van der Waals surface area contributed by atoms with Crippen LogP contribution in [0, 0.1) is 5.82 Å². The lowest BCUT2D eigenvalue weighted by Gasteiger charge is -2.24. The first-order valence-corrected chi connectivity index (χ1v) is 12.9. The maximum atomic E-state index is 14.0. The van der Waals surface area contributed by atoms with Crippen molar-refractivity contribution in [1.29, 1.82) is 0 Å². The Morgan fingerprint density at radius 3 is 2.61 bits per heavy atom. The third-order valence-corrected chi connectivity index (χ3v) is 7.92. The molecule has 2 aromatic carbocycles. The van der Waals surface area contributed by atoms with E-state index in [1.807, 2.05) is 31.2 Å². The summed E-state index contributed by atoms with van der Waals surface area (Å²) in [5.74, 6) is -1.96. The van der Waals surface area contributed by atoms with Crippen LogP contribution in [0.4, 0.5) is 9.52 Å². The van der Waals surface area contributed by atoms with Gasteiger partial charge in [0.05, 0.1) is 17.9 Å². The number of rotatable bonds is 8. The molecule has 1 amide bonds. The molecule has 2 aromatic heterocycles. The van der Waals surface area contributed by atoms with Gasteiger partial charge in [0.2, 0.25) is 10.9 Å². The number of aromatic nitrogens is 2. The lowest BCUT2D eigenvalue weighted by molar-refractivity contribution is -0.117. The van der Waals surface area contributed by atoms with Crippen LogP contribution in [0.5, 0.6) is 0 Å². The Balaban J connectivity index is 1.49. The minimum atomic E-state index is -0.918. The van der Waals surface area contributed by atoms with Crippen molar-refractivity contribution in [3.63, 3.8) is 0 Å². The van der Waals surface area contributed by atoms with Gasteiger partial charge >= 0.3 is 0 Å². The molecule has 7 nitrogen and oxygen atoms in total. The number of anilines is 1. The zero-order valence-electron chi connectivity index (χ0n) is 19.1. The molecule has 0 bridgehead atoms. The van der Waals surface area contributed by atoms with Gasteiger partial charge < -0.3 is 9.52 Å². The molecule has 1 aliphatic rings. The van der Waals surface area contributed by atoms with Gasteiger partial charge in [0, 0.05) is 5.75 Å². The van der Waals surface area contributed by atoms with E-state index in [-0.39, 0.29) is 22.3 Å². The summed E-state index contributed by atoms with van der Waals surface area (Å²) in [7, 11) is 0. The molecular weight excluding hydrogens is 501 g/mol. The average Bonchev–Trinajstić information content (AvgIpc) is 3.64. The van der Waals surface area contributed by atoms with Gasteiger partial charge in [-0.2, -0.15) is 0 Å². The van der Waals surface area contributed by atoms with E-state index in [2.05, 4.69) is 10.2 Å². The molecule has 0 saturated heterocycles. The number of halogens is 1. The number of amides is 1. The molecule has 0 fully saturated rings. The van der Waals surface area contributed by atoms with Gasteiger partial charge in [0.25, 0.3) is 5.91 Å². The van der Waals surface area contributed by atoms with Crippen LogP contribution in [0.3, 0.4) is 0 Å². The van der Waals surface area contributed by atoms with Crippen molar-refractivity contribution in [2.45, 2.75) is 29.5 Å². The highest BCUT2D eigenvalue weighted by atomic mass is 32.2. The first-order chi connectivity index (χ1) is 17.5. The Bertz CT molecular complexity index is 1450. The van der Waals surface area contributed by atoms with E-state index in [0.29, 0.717) is 21.2 Å². The van der Waals surface area contributed by atoms with E-state index in [1.54, 1.807) is 24.3 Å². The van der Waals surface area contributed by atoms with Crippen LogP contribution >= 0.6 is 23.1 Å². The van der Waals surface area contributed by atoms with Crippen molar-refractivity contribution in [2.75, 3.05) is 4.90 Å². The molecule has 1 unspecified atom stereocenters. The highest BCUT2D eigenvalue weighted by molar-refractivity contribution is 8.00. The van der Waals surface area contributed by atoms with Gasteiger partial charge in [-0.3, -0.25) is 14.5 Å². The molecule has 0 spiro atoms. The minimum absolute atomic E-state index is 0.0137. The molecule has 1 aliphatic heterocycles. The van der Waals surface area contributed by atoms with Gasteiger partial charge in [-0.05, 0) is 41.3 Å². The van der Waals surface area contributed by atoms with Gasteiger partial charge in [0.1, 0.15) is 5.82 Å². The number of thioether (sulfide) groups is 1. The number of furan rings is 1. The molecule has 0 radical (unpaired) electrons. The maximum absolute atomic E-state index is 14.0. The second-order valence-electron chi connectivity index (χ2n) is 7.97. The summed E-state index contributed by atoms with van der Waals surface area (Å²) in [6, 6.07) is 16.1. The zero-order valence-corrected chi connectivity index (χ0v) is 20.7. The number of benzene rings is 2. The third kappa shape index (κ3) is 4.45. The van der Waals surface area contributed by atoms with E-state index in [0.717, 1.165) is 23.3 Å². The number of Topliss-reactive ketones (excluding diaryl/α,β-unsaturated/α-hetero) is 1. The Morgan fingerprint density at radius 1 is 1.14 bits per heavy atom. The fraction of sp³-hybridized carbons (Fsp3) is 0.154. The summed E-state index contributed by atoms with van der Waals surface area (Å²) < 4.78 is 19.8. The quantitative estimate of drug-likeness (QED) is 0.175. The third-order valence-electron chi connectivity index (χ3n) is 5.81. The number of hydrogen-bond acceptors (Lipinski definition) is 8. The largest absolute Gasteiger partial charge is 0.503 e. The SMILES string of the molecule is CCc1ccc(C2C(C(=O)c3ccco3)=C(O)C(=O)N2c2nnc(SCc3ccccc3F)s2)cc1. The smallest absolute Gasteiger partial charge is 0.296 e.